The molecular weight excluding hydrogens is 395 g/mol. The maximum atomic E-state index is 12.5. The zero-order chi connectivity index (χ0) is 21.1. The first-order chi connectivity index (χ1) is 13.1. The monoisotopic (exact) mass is 416 g/mol. The minimum atomic E-state index is -4.25. The summed E-state index contributed by atoms with van der Waals surface area (Å²) in [6.07, 6.45) is -0.978. The first-order valence-electron chi connectivity index (χ1n) is 8.32. The van der Waals surface area contributed by atoms with E-state index in [9.17, 15) is 18.9 Å². The van der Waals surface area contributed by atoms with E-state index in [0.29, 0.717) is 0 Å². The molecule has 0 bridgehead atoms. The fraction of sp³-hybridized carbons (Fsp3) is 0.643. The number of ether oxygens (including phenoxy) is 1. The van der Waals surface area contributed by atoms with Crippen LogP contribution in [0.4, 0.5) is 4.79 Å². The molecule has 1 aliphatic rings. The Hall–Kier alpha value is -2.43. The number of primary amides is 1. The number of hydrogen-bond donors (Lipinski definition) is 2. The lowest BCUT2D eigenvalue weighted by Crippen LogP contribution is -2.33. The SMILES string of the molecule is Cc1cn([C@H]2C[C@H](N=[N+]=[N-])[C@@H](COP(=O)(OC(C)C)C(N)=O)O2)c(=O)[nH]c1=O. The van der Waals surface area contributed by atoms with Crippen LogP contribution in [0.2, 0.25) is 0 Å². The Labute approximate surface area is 158 Å². The Bertz CT molecular complexity index is 950. The molecule has 0 saturated carbocycles. The van der Waals surface area contributed by atoms with E-state index in [2.05, 4.69) is 15.0 Å². The van der Waals surface area contributed by atoms with Gasteiger partial charge in [-0.3, -0.25) is 28.2 Å². The maximum Gasteiger partial charge on any atom is 0.418 e. The van der Waals surface area contributed by atoms with Gasteiger partial charge in [0.25, 0.3) is 5.56 Å². The number of carbonyl (C=O) groups is 1. The van der Waals surface area contributed by atoms with Crippen LogP contribution in [-0.2, 0) is 18.3 Å². The molecule has 1 fully saturated rings. The van der Waals surface area contributed by atoms with Crippen LogP contribution in [0.15, 0.2) is 20.9 Å². The van der Waals surface area contributed by atoms with Crippen molar-refractivity contribution in [3.05, 3.63) is 43.0 Å². The fourth-order valence-electron chi connectivity index (χ4n) is 2.62. The summed E-state index contributed by atoms with van der Waals surface area (Å²) in [5, 5.41) is 3.60. The number of azide groups is 1. The molecule has 154 valence electrons. The molecule has 3 N–H and O–H groups in total. The molecule has 28 heavy (non-hydrogen) atoms. The Morgan fingerprint density at radius 3 is 2.82 bits per heavy atom. The predicted molar refractivity (Wildman–Crippen MR) is 96.9 cm³/mol. The van der Waals surface area contributed by atoms with Crippen molar-refractivity contribution in [1.29, 1.82) is 0 Å². The lowest BCUT2D eigenvalue weighted by Gasteiger charge is -2.21. The molecule has 13 nitrogen and oxygen atoms in total. The van der Waals surface area contributed by atoms with Gasteiger partial charge in [0.05, 0.1) is 24.9 Å². The van der Waals surface area contributed by atoms with Gasteiger partial charge >= 0.3 is 18.9 Å². The highest BCUT2D eigenvalue weighted by Crippen LogP contribution is 2.50. The van der Waals surface area contributed by atoms with Crippen molar-refractivity contribution in [2.45, 2.75) is 51.7 Å². The summed E-state index contributed by atoms with van der Waals surface area (Å²) < 4.78 is 29.4. The number of hydrogen-bond acceptors (Lipinski definition) is 8. The predicted octanol–water partition coefficient (Wildman–Crippen LogP) is 1.52. The summed E-state index contributed by atoms with van der Waals surface area (Å²) in [4.78, 5) is 39.9. The molecular formula is C14H21N6O7P. The van der Waals surface area contributed by atoms with Gasteiger partial charge in [-0.05, 0) is 26.3 Å². The standard InChI is InChI=1S/C14H21N6O7P/c1-7(2)27-28(24,13(15)22)25-6-10-9(18-19-16)4-11(26-10)20-5-8(3)12(21)17-14(20)23/h5,7,9-11H,4,6H2,1-3H3,(H2,15,22)(H,17,21,23)/t9-,10+,11+,28?/m0/s1. The second kappa shape index (κ2) is 8.72. The van der Waals surface area contributed by atoms with Gasteiger partial charge in [-0.2, -0.15) is 0 Å². The molecule has 2 rings (SSSR count). The van der Waals surface area contributed by atoms with Crippen molar-refractivity contribution in [3.8, 4) is 0 Å². The van der Waals surface area contributed by atoms with Crippen molar-refractivity contribution in [3.63, 3.8) is 0 Å². The van der Waals surface area contributed by atoms with E-state index in [1.165, 1.54) is 13.1 Å². The third-order valence-electron chi connectivity index (χ3n) is 3.89. The molecule has 0 aliphatic carbocycles. The second-order valence-corrected chi connectivity index (χ2v) is 8.31. The number of amides is 1. The van der Waals surface area contributed by atoms with Gasteiger partial charge in [0.1, 0.15) is 6.23 Å². The molecule has 1 unspecified atom stereocenters. The van der Waals surface area contributed by atoms with Crippen molar-refractivity contribution in [2.75, 3.05) is 6.61 Å². The molecule has 1 aromatic rings. The number of H-pyrrole nitrogens is 1. The Balaban J connectivity index is 2.22. The average molecular weight is 416 g/mol. The summed E-state index contributed by atoms with van der Waals surface area (Å²) in [7, 11) is -4.25. The second-order valence-electron chi connectivity index (χ2n) is 6.40. The number of aromatic nitrogens is 2. The lowest BCUT2D eigenvalue weighted by atomic mass is 10.1. The largest absolute Gasteiger partial charge is 0.418 e. The summed E-state index contributed by atoms with van der Waals surface area (Å²) in [6, 6.07) is -0.783. The van der Waals surface area contributed by atoms with Crippen LogP contribution in [-0.4, -0.2) is 40.1 Å². The molecule has 0 aromatic carbocycles. The highest BCUT2D eigenvalue weighted by atomic mass is 31.2. The van der Waals surface area contributed by atoms with Crippen LogP contribution in [0.25, 0.3) is 10.4 Å². The van der Waals surface area contributed by atoms with Crippen molar-refractivity contribution < 1.29 is 23.1 Å². The number of aromatic amines is 1. The van der Waals surface area contributed by atoms with Crippen LogP contribution in [0.3, 0.4) is 0 Å². The van der Waals surface area contributed by atoms with Crippen molar-refractivity contribution in [1.82, 2.24) is 9.55 Å². The van der Waals surface area contributed by atoms with Crippen LogP contribution >= 0.6 is 7.60 Å². The number of aryl methyl sites for hydroxylation is 1. The highest BCUT2D eigenvalue weighted by Gasteiger charge is 2.40. The molecule has 0 radical (unpaired) electrons. The third kappa shape index (κ3) is 4.89. The fourth-order valence-corrected chi connectivity index (χ4v) is 3.81. The quantitative estimate of drug-likeness (QED) is 0.277. The van der Waals surface area contributed by atoms with E-state index in [4.69, 9.17) is 25.0 Å². The lowest BCUT2D eigenvalue weighted by molar-refractivity contribution is -0.0251. The summed E-state index contributed by atoms with van der Waals surface area (Å²) in [5.74, 6) is 0. The van der Waals surface area contributed by atoms with Gasteiger partial charge < -0.3 is 10.5 Å². The van der Waals surface area contributed by atoms with Crippen LogP contribution in [0.5, 0.6) is 0 Å². The zero-order valence-corrected chi connectivity index (χ0v) is 16.4. The molecule has 4 atom stereocenters. The smallest absolute Gasteiger partial charge is 0.359 e. The average Bonchev–Trinajstić information content (AvgIpc) is 2.98. The van der Waals surface area contributed by atoms with Gasteiger partial charge in [-0.15, -0.1) is 0 Å². The van der Waals surface area contributed by atoms with E-state index in [0.717, 1.165) is 4.57 Å². The van der Waals surface area contributed by atoms with Crippen LogP contribution in [0, 0.1) is 6.92 Å². The molecule has 1 amide bonds. The minimum absolute atomic E-state index is 0.0926. The molecule has 14 heteroatoms. The minimum Gasteiger partial charge on any atom is -0.359 e. The first-order valence-corrected chi connectivity index (χ1v) is 9.86. The van der Waals surface area contributed by atoms with Crippen LogP contribution in [0.1, 0.15) is 32.1 Å². The number of carbonyl (C=O) groups excluding carboxylic acids is 1. The number of nitrogens with one attached hydrogen (secondary N) is 1. The maximum absolute atomic E-state index is 12.5. The summed E-state index contributed by atoms with van der Waals surface area (Å²) in [6.45, 7) is 4.19. The summed E-state index contributed by atoms with van der Waals surface area (Å²) >= 11 is 0. The van der Waals surface area contributed by atoms with Gasteiger partial charge in [0.2, 0.25) is 0 Å². The van der Waals surface area contributed by atoms with E-state index in [1.807, 2.05) is 0 Å². The first kappa shape index (κ1) is 21.9. The Morgan fingerprint density at radius 2 is 2.25 bits per heavy atom. The molecule has 0 spiro atoms. The van der Waals surface area contributed by atoms with Crippen molar-refractivity contribution >= 4 is 13.2 Å². The Morgan fingerprint density at radius 1 is 1.57 bits per heavy atom. The summed E-state index contributed by atoms with van der Waals surface area (Å²) in [5.41, 5.74) is 11.7. The Kier molecular flexibility index (Phi) is 6.81. The van der Waals surface area contributed by atoms with E-state index in [1.54, 1.807) is 13.8 Å². The highest BCUT2D eigenvalue weighted by molar-refractivity contribution is 7.71. The van der Waals surface area contributed by atoms with E-state index in [-0.39, 0.29) is 12.0 Å². The third-order valence-corrected chi connectivity index (χ3v) is 5.62. The van der Waals surface area contributed by atoms with Crippen LogP contribution < -0.4 is 17.0 Å². The van der Waals surface area contributed by atoms with Crippen molar-refractivity contribution in [2.24, 2.45) is 10.8 Å². The number of rotatable bonds is 8. The molecule has 1 aromatic heterocycles. The van der Waals surface area contributed by atoms with Gasteiger partial charge in [0.15, 0.2) is 0 Å². The van der Waals surface area contributed by atoms with E-state index >= 15 is 0 Å². The van der Waals surface area contributed by atoms with Gasteiger partial charge in [-0.25, -0.2) is 9.36 Å². The molecule has 1 saturated heterocycles. The molecule has 1 aliphatic heterocycles. The number of nitrogens with two attached hydrogens (primary N) is 1. The van der Waals surface area contributed by atoms with E-state index < -0.39 is 55.6 Å². The number of nitrogens with zero attached hydrogens (tertiary/aromatic N) is 4. The zero-order valence-electron chi connectivity index (χ0n) is 15.5. The topological polar surface area (TPSA) is 191 Å². The normalized spacial score (nSPS) is 23.9. The van der Waals surface area contributed by atoms with Gasteiger partial charge in [-0.1, -0.05) is 5.11 Å². The van der Waals surface area contributed by atoms with Gasteiger partial charge in [0, 0.05) is 23.1 Å². The molecule has 2 heterocycles.